The highest BCUT2D eigenvalue weighted by atomic mass is 19.1. The van der Waals surface area contributed by atoms with Crippen LogP contribution in [0.5, 0.6) is 0 Å². The lowest BCUT2D eigenvalue weighted by Crippen LogP contribution is -2.37. The van der Waals surface area contributed by atoms with Crippen molar-refractivity contribution < 1.29 is 9.18 Å². The van der Waals surface area contributed by atoms with E-state index in [1.807, 2.05) is 31.2 Å². The van der Waals surface area contributed by atoms with Gasteiger partial charge in [0, 0.05) is 45.1 Å². The number of amides is 1. The molecular weight excluding hydrogens is 395 g/mol. The second-order valence-electron chi connectivity index (χ2n) is 7.01. The Kier molecular flexibility index (Phi) is 7.37. The normalized spacial score (nSPS) is 11.3. The third kappa shape index (κ3) is 5.69. The number of nitrogens with zero attached hydrogens (tertiary/aromatic N) is 3. The Hall–Kier alpha value is -3.68. The fourth-order valence-electron chi connectivity index (χ4n) is 3.23. The van der Waals surface area contributed by atoms with Crippen molar-refractivity contribution in [3.8, 4) is 5.69 Å². The molecule has 2 aromatic carbocycles. The van der Waals surface area contributed by atoms with E-state index < -0.39 is 0 Å². The molecule has 0 aliphatic heterocycles. The monoisotopic (exact) mass is 422 g/mol. The summed E-state index contributed by atoms with van der Waals surface area (Å²) >= 11 is 0. The highest BCUT2D eigenvalue weighted by molar-refractivity contribution is 5.94. The zero-order chi connectivity index (χ0) is 22.2. The minimum absolute atomic E-state index is 0.103. The molecule has 3 rings (SSSR count). The fraction of sp³-hybridized carbons (Fsp3) is 0.261. The van der Waals surface area contributed by atoms with Gasteiger partial charge in [-0.05, 0) is 48.7 Å². The van der Waals surface area contributed by atoms with Gasteiger partial charge >= 0.3 is 0 Å². The van der Waals surface area contributed by atoms with Crippen LogP contribution in [0.2, 0.25) is 0 Å². The molecule has 0 unspecified atom stereocenters. The van der Waals surface area contributed by atoms with Crippen molar-refractivity contribution in [3.63, 3.8) is 0 Å². The number of aryl methyl sites for hydroxylation is 1. The number of carbonyl (C=O) groups excluding carboxylic acids is 1. The molecule has 3 aromatic rings. The van der Waals surface area contributed by atoms with Gasteiger partial charge in [-0.25, -0.2) is 9.37 Å². The molecule has 0 spiro atoms. The number of benzene rings is 2. The Morgan fingerprint density at radius 2 is 2.00 bits per heavy atom. The molecule has 7 nitrogen and oxygen atoms in total. The number of aliphatic imine (C=N–C) groups is 1. The van der Waals surface area contributed by atoms with Gasteiger partial charge in [-0.1, -0.05) is 18.2 Å². The van der Waals surface area contributed by atoms with E-state index in [9.17, 15) is 9.18 Å². The van der Waals surface area contributed by atoms with Crippen LogP contribution in [0.1, 0.15) is 27.3 Å². The van der Waals surface area contributed by atoms with Crippen molar-refractivity contribution in [2.45, 2.75) is 19.9 Å². The molecule has 0 radical (unpaired) electrons. The average molecular weight is 423 g/mol. The van der Waals surface area contributed by atoms with Crippen molar-refractivity contribution in [1.29, 1.82) is 0 Å². The third-order valence-electron chi connectivity index (χ3n) is 4.90. The first-order chi connectivity index (χ1) is 15.0. The minimum atomic E-state index is -0.306. The molecule has 0 saturated heterocycles. The first kappa shape index (κ1) is 22.0. The maximum Gasteiger partial charge on any atom is 0.251 e. The smallest absolute Gasteiger partial charge is 0.251 e. The van der Waals surface area contributed by atoms with Crippen molar-refractivity contribution in [2.24, 2.45) is 4.99 Å². The van der Waals surface area contributed by atoms with Crippen LogP contribution in [0.4, 0.5) is 4.39 Å². The van der Waals surface area contributed by atoms with Gasteiger partial charge < -0.3 is 20.5 Å². The number of halogens is 1. The van der Waals surface area contributed by atoms with Crippen molar-refractivity contribution in [1.82, 2.24) is 25.5 Å². The van der Waals surface area contributed by atoms with E-state index in [4.69, 9.17) is 0 Å². The van der Waals surface area contributed by atoms with Crippen LogP contribution in [0.3, 0.4) is 0 Å². The summed E-state index contributed by atoms with van der Waals surface area (Å²) in [6, 6.07) is 12.7. The van der Waals surface area contributed by atoms with E-state index in [-0.39, 0.29) is 11.7 Å². The maximum atomic E-state index is 14.6. The van der Waals surface area contributed by atoms with E-state index in [0.29, 0.717) is 30.3 Å². The Morgan fingerprint density at radius 1 is 1.16 bits per heavy atom. The summed E-state index contributed by atoms with van der Waals surface area (Å²) in [5, 5.41) is 9.06. The van der Waals surface area contributed by atoms with Crippen LogP contribution in [-0.2, 0) is 13.0 Å². The highest BCUT2D eigenvalue weighted by Gasteiger charge is 2.09. The largest absolute Gasteiger partial charge is 0.356 e. The van der Waals surface area contributed by atoms with Crippen LogP contribution >= 0.6 is 0 Å². The van der Waals surface area contributed by atoms with Crippen molar-refractivity contribution in [3.05, 3.63) is 83.2 Å². The quantitative estimate of drug-likeness (QED) is 0.404. The van der Waals surface area contributed by atoms with E-state index in [1.165, 1.54) is 6.07 Å². The van der Waals surface area contributed by atoms with Gasteiger partial charge in [0.25, 0.3) is 5.91 Å². The van der Waals surface area contributed by atoms with E-state index in [0.717, 1.165) is 23.4 Å². The Bertz CT molecular complexity index is 1080. The lowest BCUT2D eigenvalue weighted by Gasteiger charge is -2.13. The topological polar surface area (TPSA) is 83.3 Å². The second-order valence-corrected chi connectivity index (χ2v) is 7.01. The number of aromatic nitrogens is 2. The number of carbonyl (C=O) groups is 1. The number of hydrogen-bond donors (Lipinski definition) is 3. The lowest BCUT2D eigenvalue weighted by atomic mass is 10.1. The van der Waals surface area contributed by atoms with Crippen LogP contribution in [0, 0.1) is 12.7 Å². The molecule has 1 heterocycles. The molecule has 0 fully saturated rings. The third-order valence-corrected chi connectivity index (χ3v) is 4.90. The van der Waals surface area contributed by atoms with Gasteiger partial charge in [0.15, 0.2) is 5.96 Å². The summed E-state index contributed by atoms with van der Waals surface area (Å²) in [5.74, 6) is 0.945. The van der Waals surface area contributed by atoms with Gasteiger partial charge in [0.1, 0.15) is 11.6 Å². The number of imidazole rings is 1. The number of rotatable bonds is 7. The zero-order valence-electron chi connectivity index (χ0n) is 17.9. The predicted octanol–water partition coefficient (Wildman–Crippen LogP) is 2.59. The molecule has 162 valence electrons. The fourth-order valence-corrected chi connectivity index (χ4v) is 3.23. The number of nitrogens with one attached hydrogen (secondary N) is 3. The van der Waals surface area contributed by atoms with Gasteiger partial charge in [-0.2, -0.15) is 0 Å². The number of hydrogen-bond acceptors (Lipinski definition) is 3. The van der Waals surface area contributed by atoms with E-state index >= 15 is 0 Å². The molecule has 1 aromatic heterocycles. The summed E-state index contributed by atoms with van der Waals surface area (Å²) in [5.41, 5.74) is 2.97. The predicted molar refractivity (Wildman–Crippen MR) is 120 cm³/mol. The standard InChI is InChI=1S/C23H27FN6O/c1-16-27-11-12-30(16)21-8-7-18(14-20(21)24)15-29-23(26-3)28-10-9-17-5-4-6-19(13-17)22(31)25-2/h4-8,11-14H,9-10,15H2,1-3H3,(H,25,31)(H2,26,28,29). The molecule has 0 aliphatic carbocycles. The van der Waals surface area contributed by atoms with Gasteiger partial charge in [-0.3, -0.25) is 9.79 Å². The second kappa shape index (κ2) is 10.4. The van der Waals surface area contributed by atoms with E-state index in [1.54, 1.807) is 43.2 Å². The molecule has 3 N–H and O–H groups in total. The first-order valence-electron chi connectivity index (χ1n) is 10.1. The summed E-state index contributed by atoms with van der Waals surface area (Å²) < 4.78 is 16.3. The first-order valence-corrected chi connectivity index (χ1v) is 10.1. The molecule has 0 saturated carbocycles. The average Bonchev–Trinajstić information content (AvgIpc) is 3.21. The van der Waals surface area contributed by atoms with Crippen LogP contribution < -0.4 is 16.0 Å². The minimum Gasteiger partial charge on any atom is -0.356 e. The molecule has 1 amide bonds. The van der Waals surface area contributed by atoms with Gasteiger partial charge in [0.05, 0.1) is 5.69 Å². The molecule has 31 heavy (non-hydrogen) atoms. The highest BCUT2D eigenvalue weighted by Crippen LogP contribution is 2.16. The molecular formula is C23H27FN6O. The summed E-state index contributed by atoms with van der Waals surface area (Å²) in [4.78, 5) is 20.1. The SMILES string of the molecule is CN=C(NCCc1cccc(C(=O)NC)c1)NCc1ccc(-n2ccnc2C)c(F)c1. The molecule has 0 aliphatic rings. The van der Waals surface area contributed by atoms with Crippen molar-refractivity contribution >= 4 is 11.9 Å². The number of guanidine groups is 1. The Morgan fingerprint density at radius 3 is 2.68 bits per heavy atom. The zero-order valence-corrected chi connectivity index (χ0v) is 17.9. The van der Waals surface area contributed by atoms with E-state index in [2.05, 4.69) is 25.9 Å². The van der Waals surface area contributed by atoms with Gasteiger partial charge in [0.2, 0.25) is 0 Å². The maximum absolute atomic E-state index is 14.6. The Labute approximate surface area is 181 Å². The molecule has 8 heteroatoms. The molecule has 0 atom stereocenters. The molecule has 0 bridgehead atoms. The van der Waals surface area contributed by atoms with Crippen LogP contribution in [0.15, 0.2) is 59.9 Å². The van der Waals surface area contributed by atoms with Crippen molar-refractivity contribution in [2.75, 3.05) is 20.6 Å². The van der Waals surface area contributed by atoms with Crippen LogP contribution in [0.25, 0.3) is 5.69 Å². The Balaban J connectivity index is 1.52. The van der Waals surface area contributed by atoms with Crippen LogP contribution in [-0.4, -0.2) is 42.1 Å². The summed E-state index contributed by atoms with van der Waals surface area (Å²) in [7, 11) is 3.30. The lowest BCUT2D eigenvalue weighted by molar-refractivity contribution is 0.0963. The van der Waals surface area contributed by atoms with Gasteiger partial charge in [-0.15, -0.1) is 0 Å². The summed E-state index contributed by atoms with van der Waals surface area (Å²) in [6.45, 7) is 2.91. The summed E-state index contributed by atoms with van der Waals surface area (Å²) in [6.07, 6.45) is 4.12.